The molecule has 82 valence electrons. The molecule has 0 bridgehead atoms. The van der Waals surface area contributed by atoms with Crippen LogP contribution in [0, 0.1) is 10.5 Å². The molecular formula is C15H15I. The van der Waals surface area contributed by atoms with Crippen molar-refractivity contribution in [2.75, 3.05) is 0 Å². The molecule has 0 amide bonds. The maximum atomic E-state index is 2.34. The molecule has 0 fully saturated rings. The summed E-state index contributed by atoms with van der Waals surface area (Å²) in [4.78, 5) is 0. The minimum Gasteiger partial charge on any atom is -0.0591 e. The van der Waals surface area contributed by atoms with Crippen LogP contribution in [0.3, 0.4) is 0 Å². The minimum absolute atomic E-state index is 1.12. The first-order chi connectivity index (χ1) is 7.74. The molecule has 2 aromatic rings. The van der Waals surface area contributed by atoms with Gasteiger partial charge in [-0.2, -0.15) is 0 Å². The second-order valence-electron chi connectivity index (χ2n) is 4.11. The van der Waals surface area contributed by atoms with E-state index >= 15 is 0 Å². The van der Waals surface area contributed by atoms with Gasteiger partial charge in [0.15, 0.2) is 0 Å². The quantitative estimate of drug-likeness (QED) is 0.736. The Balaban J connectivity index is 1.97. The predicted octanol–water partition coefficient (Wildman–Crippen LogP) is 4.38. The van der Waals surface area contributed by atoms with Crippen molar-refractivity contribution in [1.82, 2.24) is 0 Å². The summed E-state index contributed by atoms with van der Waals surface area (Å²) in [5.74, 6) is 0. The number of hydrogen-bond acceptors (Lipinski definition) is 0. The molecular weight excluding hydrogens is 307 g/mol. The summed E-state index contributed by atoms with van der Waals surface area (Å²) in [6.07, 6.45) is 2.25. The molecule has 2 aromatic carbocycles. The normalized spacial score (nSPS) is 10.4. The molecule has 0 saturated carbocycles. The van der Waals surface area contributed by atoms with Crippen LogP contribution in [0.4, 0.5) is 0 Å². The summed E-state index contributed by atoms with van der Waals surface area (Å²) in [5, 5.41) is 0. The van der Waals surface area contributed by atoms with Crippen LogP contribution >= 0.6 is 22.6 Å². The van der Waals surface area contributed by atoms with Crippen molar-refractivity contribution in [2.24, 2.45) is 0 Å². The van der Waals surface area contributed by atoms with Gasteiger partial charge in [0.05, 0.1) is 0 Å². The summed E-state index contributed by atoms with van der Waals surface area (Å²) in [6.45, 7) is 2.13. The third kappa shape index (κ3) is 3.34. The van der Waals surface area contributed by atoms with Crippen molar-refractivity contribution in [3.8, 4) is 0 Å². The number of halogens is 1. The van der Waals surface area contributed by atoms with Gasteiger partial charge >= 0.3 is 0 Å². The van der Waals surface area contributed by atoms with Gasteiger partial charge in [-0.1, -0.05) is 42.0 Å². The Morgan fingerprint density at radius 2 is 1.19 bits per heavy atom. The molecule has 1 heteroatoms. The third-order valence-electron chi connectivity index (χ3n) is 2.74. The fraction of sp³-hybridized carbons (Fsp3) is 0.200. The lowest BCUT2D eigenvalue weighted by Gasteiger charge is -2.03. The molecule has 16 heavy (non-hydrogen) atoms. The minimum atomic E-state index is 1.12. The van der Waals surface area contributed by atoms with Gasteiger partial charge in [0, 0.05) is 3.57 Å². The average molecular weight is 322 g/mol. The van der Waals surface area contributed by atoms with Gasteiger partial charge in [-0.15, -0.1) is 0 Å². The summed E-state index contributed by atoms with van der Waals surface area (Å²) in [7, 11) is 0. The van der Waals surface area contributed by atoms with E-state index in [1.165, 1.54) is 20.3 Å². The molecule has 0 nitrogen and oxygen atoms in total. The maximum absolute atomic E-state index is 2.34. The van der Waals surface area contributed by atoms with Crippen molar-refractivity contribution in [3.63, 3.8) is 0 Å². The first kappa shape index (κ1) is 11.6. The van der Waals surface area contributed by atoms with E-state index < -0.39 is 0 Å². The van der Waals surface area contributed by atoms with E-state index in [0.717, 1.165) is 12.8 Å². The van der Waals surface area contributed by atoms with Crippen molar-refractivity contribution in [1.29, 1.82) is 0 Å². The monoisotopic (exact) mass is 322 g/mol. The average Bonchev–Trinajstić information content (AvgIpc) is 2.30. The molecule has 0 aromatic heterocycles. The molecule has 0 radical (unpaired) electrons. The van der Waals surface area contributed by atoms with Crippen molar-refractivity contribution in [3.05, 3.63) is 68.8 Å². The highest BCUT2D eigenvalue weighted by molar-refractivity contribution is 14.1. The van der Waals surface area contributed by atoms with Gasteiger partial charge in [0.2, 0.25) is 0 Å². The van der Waals surface area contributed by atoms with E-state index in [-0.39, 0.29) is 0 Å². The molecule has 0 atom stereocenters. The summed E-state index contributed by atoms with van der Waals surface area (Å²) in [5.41, 5.74) is 4.17. The van der Waals surface area contributed by atoms with Gasteiger partial charge in [-0.05, 0) is 65.6 Å². The van der Waals surface area contributed by atoms with Gasteiger partial charge in [0.1, 0.15) is 0 Å². The van der Waals surface area contributed by atoms with Crippen LogP contribution in [-0.2, 0) is 12.8 Å². The molecule has 0 N–H and O–H groups in total. The number of hydrogen-bond donors (Lipinski definition) is 0. The Labute approximate surface area is 111 Å². The number of aryl methyl sites for hydroxylation is 3. The van der Waals surface area contributed by atoms with Crippen LogP contribution in [-0.4, -0.2) is 0 Å². The highest BCUT2D eigenvalue weighted by Gasteiger charge is 1.96. The highest BCUT2D eigenvalue weighted by Crippen LogP contribution is 2.11. The highest BCUT2D eigenvalue weighted by atomic mass is 127. The molecule has 2 rings (SSSR count). The van der Waals surface area contributed by atoms with Crippen LogP contribution in [0.2, 0.25) is 0 Å². The van der Waals surface area contributed by atoms with Gasteiger partial charge < -0.3 is 0 Å². The predicted molar refractivity (Wildman–Crippen MR) is 77.7 cm³/mol. The van der Waals surface area contributed by atoms with Crippen molar-refractivity contribution < 1.29 is 0 Å². The van der Waals surface area contributed by atoms with E-state index in [1.807, 2.05) is 0 Å². The first-order valence-electron chi connectivity index (χ1n) is 5.54. The van der Waals surface area contributed by atoms with E-state index in [9.17, 15) is 0 Å². The first-order valence-corrected chi connectivity index (χ1v) is 6.62. The largest absolute Gasteiger partial charge is 0.0591 e. The summed E-state index contributed by atoms with van der Waals surface area (Å²) in [6, 6.07) is 17.6. The molecule has 0 aliphatic heterocycles. The van der Waals surface area contributed by atoms with Crippen molar-refractivity contribution >= 4 is 22.6 Å². The summed E-state index contributed by atoms with van der Waals surface area (Å²) >= 11 is 2.34. The van der Waals surface area contributed by atoms with Gasteiger partial charge in [0.25, 0.3) is 0 Å². The van der Waals surface area contributed by atoms with Crippen molar-refractivity contribution in [2.45, 2.75) is 19.8 Å². The molecule has 0 spiro atoms. The van der Waals surface area contributed by atoms with Gasteiger partial charge in [-0.3, -0.25) is 0 Å². The van der Waals surface area contributed by atoms with Crippen LogP contribution in [0.1, 0.15) is 16.7 Å². The molecule has 0 aliphatic rings. The number of rotatable bonds is 3. The Bertz CT molecular complexity index is 394. The van der Waals surface area contributed by atoms with Crippen LogP contribution < -0.4 is 0 Å². The Kier molecular flexibility index (Phi) is 3.99. The van der Waals surface area contributed by atoms with E-state index in [4.69, 9.17) is 0 Å². The lowest BCUT2D eigenvalue weighted by molar-refractivity contribution is 0.959. The lowest BCUT2D eigenvalue weighted by Crippen LogP contribution is -1.91. The van der Waals surface area contributed by atoms with E-state index in [1.54, 1.807) is 0 Å². The Morgan fingerprint density at radius 3 is 1.69 bits per heavy atom. The lowest BCUT2D eigenvalue weighted by atomic mass is 10.0. The SMILES string of the molecule is Cc1ccc(CCc2ccc(I)cc2)cc1. The van der Waals surface area contributed by atoms with E-state index in [2.05, 4.69) is 78.0 Å². The van der Waals surface area contributed by atoms with Crippen LogP contribution in [0.15, 0.2) is 48.5 Å². The third-order valence-corrected chi connectivity index (χ3v) is 3.46. The second-order valence-corrected chi connectivity index (χ2v) is 5.36. The Morgan fingerprint density at radius 1 is 0.750 bits per heavy atom. The van der Waals surface area contributed by atoms with Crippen LogP contribution in [0.5, 0.6) is 0 Å². The topological polar surface area (TPSA) is 0 Å². The van der Waals surface area contributed by atoms with Crippen LogP contribution in [0.25, 0.3) is 0 Å². The molecule has 0 heterocycles. The summed E-state index contributed by atoms with van der Waals surface area (Å²) < 4.78 is 1.30. The molecule has 0 unspecified atom stereocenters. The maximum Gasteiger partial charge on any atom is 0.0130 e. The molecule has 0 saturated heterocycles. The Hall–Kier alpha value is -0.830. The second kappa shape index (κ2) is 5.48. The zero-order valence-corrected chi connectivity index (χ0v) is 11.6. The fourth-order valence-corrected chi connectivity index (χ4v) is 2.05. The van der Waals surface area contributed by atoms with Gasteiger partial charge in [-0.25, -0.2) is 0 Å². The standard InChI is InChI=1S/C15H15I/c1-12-2-4-13(5-3-12)6-7-14-8-10-15(16)11-9-14/h2-5,8-11H,6-7H2,1H3. The number of benzene rings is 2. The fourth-order valence-electron chi connectivity index (χ4n) is 1.69. The smallest absolute Gasteiger partial charge is 0.0130 e. The zero-order valence-electron chi connectivity index (χ0n) is 9.41. The molecule has 0 aliphatic carbocycles. The zero-order chi connectivity index (χ0) is 11.4. The van der Waals surface area contributed by atoms with E-state index in [0.29, 0.717) is 0 Å².